The molecule has 1 atom stereocenters. The molecule has 3 rings (SSSR count). The van der Waals surface area contributed by atoms with Gasteiger partial charge in [0.1, 0.15) is 0 Å². The van der Waals surface area contributed by atoms with Crippen molar-refractivity contribution in [3.8, 4) is 0 Å². The molecule has 0 aliphatic carbocycles. The van der Waals surface area contributed by atoms with Crippen LogP contribution in [0.15, 0.2) is 0 Å². The summed E-state index contributed by atoms with van der Waals surface area (Å²) < 4.78 is 0. The van der Waals surface area contributed by atoms with Gasteiger partial charge in [0, 0.05) is 49.3 Å². The Hall–Kier alpha value is -1.22. The summed E-state index contributed by atoms with van der Waals surface area (Å²) in [6.07, 6.45) is 6.37. The molecule has 3 heterocycles. The molecule has 8 heteroatoms. The quantitative estimate of drug-likeness (QED) is 0.500. The average molecular weight is 467 g/mol. The summed E-state index contributed by atoms with van der Waals surface area (Å²) in [4.78, 5) is 27.5. The lowest BCUT2D eigenvalue weighted by molar-refractivity contribution is -0.134. The smallest absolute Gasteiger partial charge is 0.239 e. The van der Waals surface area contributed by atoms with E-state index in [0.29, 0.717) is 18.0 Å². The van der Waals surface area contributed by atoms with Crippen molar-refractivity contribution < 1.29 is 9.59 Å². The van der Waals surface area contributed by atoms with Crippen molar-refractivity contribution in [3.05, 3.63) is 0 Å². The molecule has 0 aromatic heterocycles. The van der Waals surface area contributed by atoms with Crippen LogP contribution in [0, 0.1) is 0 Å². The molecule has 0 radical (unpaired) electrons. The highest BCUT2D eigenvalue weighted by molar-refractivity contribution is 5.82. The van der Waals surface area contributed by atoms with Gasteiger partial charge in [0.25, 0.3) is 0 Å². The van der Waals surface area contributed by atoms with Gasteiger partial charge in [0.15, 0.2) is 0 Å². The zero-order valence-corrected chi connectivity index (χ0v) is 22.0. The number of amides is 2. The highest BCUT2D eigenvalue weighted by Crippen LogP contribution is 2.17. The van der Waals surface area contributed by atoms with Gasteiger partial charge < -0.3 is 31.5 Å². The fourth-order valence-electron chi connectivity index (χ4n) is 4.99. The second-order valence-corrected chi connectivity index (χ2v) is 11.9. The standard InChI is InChI=1S/C14H27N3O.C11H23N3O/c1-14(2,3)16-11-6-9-17(10-7-11)13(18)12-5-4-8-15-12;1-11(2,3)13-9-4-6-14(7-5-9)10(15)8-12/h11-12,15-16H,4-10H2,1-3H3;9,13H,4-8,12H2,1-3H3. The number of carbonyl (C=O) groups excluding carboxylic acids is 2. The molecule has 3 saturated heterocycles. The van der Waals surface area contributed by atoms with E-state index in [-0.39, 0.29) is 29.6 Å². The molecule has 0 aromatic carbocycles. The summed E-state index contributed by atoms with van der Waals surface area (Å²) in [5.41, 5.74) is 5.66. The van der Waals surface area contributed by atoms with E-state index in [0.717, 1.165) is 71.2 Å². The molecule has 5 N–H and O–H groups in total. The number of hydrogen-bond donors (Lipinski definition) is 4. The van der Waals surface area contributed by atoms with Crippen molar-refractivity contribution in [3.63, 3.8) is 0 Å². The van der Waals surface area contributed by atoms with Gasteiger partial charge in [-0.15, -0.1) is 0 Å². The molecular formula is C25H50N6O2. The van der Waals surface area contributed by atoms with Crippen LogP contribution in [0.5, 0.6) is 0 Å². The SMILES string of the molecule is CC(C)(C)NC1CCN(C(=O)C2CCCN2)CC1.CC(C)(C)NC1CCN(C(=O)CN)CC1. The number of likely N-dealkylation sites (tertiary alicyclic amines) is 2. The van der Waals surface area contributed by atoms with E-state index in [2.05, 4.69) is 57.5 Å². The number of hydrogen-bond acceptors (Lipinski definition) is 6. The van der Waals surface area contributed by atoms with Crippen LogP contribution in [0.2, 0.25) is 0 Å². The second-order valence-electron chi connectivity index (χ2n) is 11.9. The summed E-state index contributed by atoms with van der Waals surface area (Å²) in [5.74, 6) is 0.394. The summed E-state index contributed by atoms with van der Waals surface area (Å²) in [5, 5.41) is 10.5. The van der Waals surface area contributed by atoms with Crippen LogP contribution in [0.3, 0.4) is 0 Å². The monoisotopic (exact) mass is 466 g/mol. The van der Waals surface area contributed by atoms with Gasteiger partial charge in [-0.1, -0.05) is 0 Å². The van der Waals surface area contributed by atoms with Crippen molar-refractivity contribution >= 4 is 11.8 Å². The van der Waals surface area contributed by atoms with Crippen molar-refractivity contribution in [2.24, 2.45) is 5.73 Å². The van der Waals surface area contributed by atoms with E-state index < -0.39 is 0 Å². The van der Waals surface area contributed by atoms with Gasteiger partial charge in [0.2, 0.25) is 11.8 Å². The summed E-state index contributed by atoms with van der Waals surface area (Å²) in [7, 11) is 0. The third kappa shape index (κ3) is 10.3. The Kier molecular flexibility index (Phi) is 10.6. The fourth-order valence-corrected chi connectivity index (χ4v) is 4.99. The lowest BCUT2D eigenvalue weighted by atomic mass is 9.99. The largest absolute Gasteiger partial charge is 0.341 e. The normalized spacial score (nSPS) is 23.3. The molecule has 0 saturated carbocycles. The van der Waals surface area contributed by atoms with Crippen LogP contribution in [0.4, 0.5) is 0 Å². The second kappa shape index (κ2) is 12.5. The van der Waals surface area contributed by atoms with Crippen LogP contribution in [0.1, 0.15) is 80.1 Å². The van der Waals surface area contributed by atoms with E-state index >= 15 is 0 Å². The number of piperidine rings is 2. The molecular weight excluding hydrogens is 416 g/mol. The predicted octanol–water partition coefficient (Wildman–Crippen LogP) is 1.44. The molecule has 3 aliphatic heterocycles. The lowest BCUT2D eigenvalue weighted by Gasteiger charge is -2.37. The molecule has 0 spiro atoms. The average Bonchev–Trinajstić information content (AvgIpc) is 3.27. The predicted molar refractivity (Wildman–Crippen MR) is 135 cm³/mol. The highest BCUT2D eigenvalue weighted by Gasteiger charge is 2.30. The Morgan fingerprint density at radius 2 is 1.27 bits per heavy atom. The van der Waals surface area contributed by atoms with Gasteiger partial charge in [-0.3, -0.25) is 9.59 Å². The van der Waals surface area contributed by atoms with E-state index in [1.54, 1.807) is 0 Å². The summed E-state index contributed by atoms with van der Waals surface area (Å²) in [6, 6.07) is 1.19. The zero-order chi connectivity index (χ0) is 24.6. The molecule has 1 unspecified atom stereocenters. The molecule has 8 nitrogen and oxygen atoms in total. The molecule has 0 aromatic rings. The summed E-state index contributed by atoms with van der Waals surface area (Å²) >= 11 is 0. The van der Waals surface area contributed by atoms with Crippen molar-refractivity contribution in [1.29, 1.82) is 0 Å². The van der Waals surface area contributed by atoms with Crippen LogP contribution in [-0.2, 0) is 9.59 Å². The zero-order valence-electron chi connectivity index (χ0n) is 22.0. The van der Waals surface area contributed by atoms with Crippen molar-refractivity contribution in [2.45, 2.75) is 109 Å². The highest BCUT2D eigenvalue weighted by atomic mass is 16.2. The van der Waals surface area contributed by atoms with E-state index in [4.69, 9.17) is 5.73 Å². The number of nitrogens with two attached hydrogens (primary N) is 1. The molecule has 192 valence electrons. The minimum absolute atomic E-state index is 0.0733. The molecule has 2 amide bonds. The van der Waals surface area contributed by atoms with Gasteiger partial charge in [-0.05, 0) is 86.6 Å². The molecule has 33 heavy (non-hydrogen) atoms. The Balaban J connectivity index is 0.000000238. The van der Waals surface area contributed by atoms with Crippen LogP contribution in [0.25, 0.3) is 0 Å². The molecule has 3 aliphatic rings. The Morgan fingerprint density at radius 1 is 0.818 bits per heavy atom. The first-order valence-corrected chi connectivity index (χ1v) is 12.9. The minimum Gasteiger partial charge on any atom is -0.341 e. The fraction of sp³-hybridized carbons (Fsp3) is 0.920. The number of carbonyl (C=O) groups is 2. The van der Waals surface area contributed by atoms with Crippen LogP contribution in [-0.4, -0.2) is 90.1 Å². The van der Waals surface area contributed by atoms with E-state index in [9.17, 15) is 9.59 Å². The molecule has 0 bridgehead atoms. The van der Waals surface area contributed by atoms with Crippen LogP contribution < -0.4 is 21.7 Å². The molecule has 3 fully saturated rings. The minimum atomic E-state index is 0.0733. The number of nitrogens with zero attached hydrogens (tertiary/aromatic N) is 2. The van der Waals surface area contributed by atoms with Gasteiger partial charge in [-0.2, -0.15) is 0 Å². The lowest BCUT2D eigenvalue weighted by Crippen LogP contribution is -2.52. The van der Waals surface area contributed by atoms with Gasteiger partial charge >= 0.3 is 0 Å². The number of rotatable bonds is 4. The topological polar surface area (TPSA) is 103 Å². The van der Waals surface area contributed by atoms with Crippen molar-refractivity contribution in [2.75, 3.05) is 39.3 Å². The van der Waals surface area contributed by atoms with Crippen LogP contribution >= 0.6 is 0 Å². The van der Waals surface area contributed by atoms with Gasteiger partial charge in [0.05, 0.1) is 12.6 Å². The third-order valence-electron chi connectivity index (χ3n) is 6.46. The first-order valence-electron chi connectivity index (χ1n) is 12.9. The summed E-state index contributed by atoms with van der Waals surface area (Å²) in [6.45, 7) is 17.7. The third-order valence-corrected chi connectivity index (χ3v) is 6.46. The van der Waals surface area contributed by atoms with E-state index in [1.165, 1.54) is 0 Å². The Morgan fingerprint density at radius 3 is 1.64 bits per heavy atom. The Labute approximate surface area is 201 Å². The maximum atomic E-state index is 12.2. The van der Waals surface area contributed by atoms with Crippen molar-refractivity contribution in [1.82, 2.24) is 25.8 Å². The first kappa shape index (κ1) is 28.0. The Bertz CT molecular complexity index is 605. The maximum Gasteiger partial charge on any atom is 0.239 e. The number of nitrogens with one attached hydrogen (secondary N) is 3. The maximum absolute atomic E-state index is 12.2. The van der Waals surface area contributed by atoms with E-state index in [1.807, 2.05) is 9.80 Å². The van der Waals surface area contributed by atoms with Gasteiger partial charge in [-0.25, -0.2) is 0 Å². The first-order chi connectivity index (χ1) is 15.4.